The minimum atomic E-state index is -0.479. The Bertz CT molecular complexity index is 768. The van der Waals surface area contributed by atoms with Crippen molar-refractivity contribution in [2.45, 2.75) is 6.92 Å². The Kier molecular flexibility index (Phi) is 2.95. The van der Waals surface area contributed by atoms with Crippen LogP contribution in [0.4, 0.5) is 4.39 Å². The van der Waals surface area contributed by atoms with Crippen molar-refractivity contribution < 1.29 is 14.0 Å². The Balaban J connectivity index is 2.04. The first-order valence-corrected chi connectivity index (χ1v) is 6.03. The normalized spacial score (nSPS) is 10.7. The lowest BCUT2D eigenvalue weighted by Crippen LogP contribution is -1.84. The van der Waals surface area contributed by atoms with Crippen LogP contribution in [0.5, 0.6) is 5.75 Å². The van der Waals surface area contributed by atoms with E-state index >= 15 is 0 Å². The predicted molar refractivity (Wildman–Crippen MR) is 71.5 cm³/mol. The zero-order chi connectivity index (χ0) is 14.1. The summed E-state index contributed by atoms with van der Waals surface area (Å²) in [4.78, 5) is 4.19. The van der Waals surface area contributed by atoms with Gasteiger partial charge >= 0.3 is 0 Å². The maximum atomic E-state index is 13.2. The molecule has 4 nitrogen and oxygen atoms in total. The average molecular weight is 270 g/mol. The van der Waals surface area contributed by atoms with Gasteiger partial charge in [-0.05, 0) is 31.2 Å². The van der Waals surface area contributed by atoms with Crippen molar-refractivity contribution in [1.29, 1.82) is 0 Å². The molecule has 0 aliphatic heterocycles. The van der Waals surface area contributed by atoms with Crippen molar-refractivity contribution in [3.63, 3.8) is 0 Å². The van der Waals surface area contributed by atoms with Gasteiger partial charge in [0.15, 0.2) is 0 Å². The molecule has 3 aromatic rings. The lowest BCUT2D eigenvalue weighted by atomic mass is 10.1. The van der Waals surface area contributed by atoms with E-state index in [0.29, 0.717) is 5.82 Å². The monoisotopic (exact) mass is 270 g/mol. The molecule has 20 heavy (non-hydrogen) atoms. The molecule has 2 aromatic carbocycles. The van der Waals surface area contributed by atoms with Crippen molar-refractivity contribution in [1.82, 2.24) is 10.1 Å². The van der Waals surface area contributed by atoms with Gasteiger partial charge in [-0.2, -0.15) is 4.98 Å². The summed E-state index contributed by atoms with van der Waals surface area (Å²) < 4.78 is 18.3. The molecule has 0 saturated heterocycles. The summed E-state index contributed by atoms with van der Waals surface area (Å²) in [6.07, 6.45) is 0. The maximum Gasteiger partial charge on any atom is 0.262 e. The number of halogens is 1. The molecule has 1 aromatic heterocycles. The molecule has 5 heteroatoms. The number of aromatic nitrogens is 2. The van der Waals surface area contributed by atoms with E-state index in [1.165, 1.54) is 6.07 Å². The number of aromatic hydroxyl groups is 1. The van der Waals surface area contributed by atoms with E-state index in [4.69, 9.17) is 4.52 Å². The molecule has 1 N–H and O–H groups in total. The quantitative estimate of drug-likeness (QED) is 0.773. The first-order valence-electron chi connectivity index (χ1n) is 6.03. The summed E-state index contributed by atoms with van der Waals surface area (Å²) in [7, 11) is 0. The number of benzene rings is 2. The summed E-state index contributed by atoms with van der Waals surface area (Å²) in [6.45, 7) is 1.96. The number of aryl methyl sites for hydroxylation is 1. The van der Waals surface area contributed by atoms with Crippen LogP contribution in [-0.4, -0.2) is 15.2 Å². The topological polar surface area (TPSA) is 59.2 Å². The van der Waals surface area contributed by atoms with E-state index in [2.05, 4.69) is 10.1 Å². The van der Waals surface area contributed by atoms with E-state index in [-0.39, 0.29) is 17.2 Å². The Morgan fingerprint density at radius 2 is 2.00 bits per heavy atom. The number of phenols is 1. The number of rotatable bonds is 2. The molecule has 0 saturated carbocycles. The van der Waals surface area contributed by atoms with Gasteiger partial charge in [0, 0.05) is 5.56 Å². The van der Waals surface area contributed by atoms with Crippen LogP contribution in [0, 0.1) is 12.7 Å². The second-order valence-electron chi connectivity index (χ2n) is 4.45. The van der Waals surface area contributed by atoms with Gasteiger partial charge in [-0.25, -0.2) is 4.39 Å². The third kappa shape index (κ3) is 2.25. The van der Waals surface area contributed by atoms with Crippen LogP contribution in [0.15, 0.2) is 47.0 Å². The van der Waals surface area contributed by atoms with Crippen LogP contribution in [0.25, 0.3) is 22.8 Å². The van der Waals surface area contributed by atoms with Crippen LogP contribution in [0.3, 0.4) is 0 Å². The highest BCUT2D eigenvalue weighted by molar-refractivity contribution is 5.65. The number of hydrogen-bond donors (Lipinski definition) is 1. The van der Waals surface area contributed by atoms with Gasteiger partial charge in [0.05, 0.1) is 5.56 Å². The highest BCUT2D eigenvalue weighted by atomic mass is 19.1. The van der Waals surface area contributed by atoms with Crippen molar-refractivity contribution >= 4 is 0 Å². The van der Waals surface area contributed by atoms with Gasteiger partial charge in [-0.1, -0.05) is 28.9 Å². The SMILES string of the molecule is Cc1cccc(-c2noc(-c3cc(F)ccc3O)n2)c1. The van der Waals surface area contributed by atoms with Gasteiger partial charge in [0.1, 0.15) is 11.6 Å². The Labute approximate surface area is 114 Å². The molecular weight excluding hydrogens is 259 g/mol. The third-order valence-corrected chi connectivity index (χ3v) is 2.89. The Hall–Kier alpha value is -2.69. The molecule has 3 rings (SSSR count). The second kappa shape index (κ2) is 4.77. The third-order valence-electron chi connectivity index (χ3n) is 2.89. The largest absolute Gasteiger partial charge is 0.507 e. The van der Waals surface area contributed by atoms with Gasteiger partial charge in [-0.15, -0.1) is 0 Å². The van der Waals surface area contributed by atoms with Gasteiger partial charge in [0.25, 0.3) is 5.89 Å². The number of nitrogens with zero attached hydrogens (tertiary/aromatic N) is 2. The second-order valence-corrected chi connectivity index (χ2v) is 4.45. The zero-order valence-corrected chi connectivity index (χ0v) is 10.7. The molecule has 0 aliphatic rings. The van der Waals surface area contributed by atoms with Crippen LogP contribution < -0.4 is 0 Å². The van der Waals surface area contributed by atoms with Crippen molar-refractivity contribution in [2.24, 2.45) is 0 Å². The molecule has 100 valence electrons. The number of hydrogen-bond acceptors (Lipinski definition) is 4. The molecule has 0 fully saturated rings. The lowest BCUT2D eigenvalue weighted by Gasteiger charge is -1.98. The van der Waals surface area contributed by atoms with E-state index in [1.807, 2.05) is 31.2 Å². The molecule has 0 spiro atoms. The van der Waals surface area contributed by atoms with E-state index < -0.39 is 5.82 Å². The van der Waals surface area contributed by atoms with Crippen molar-refractivity contribution in [3.8, 4) is 28.6 Å². The smallest absolute Gasteiger partial charge is 0.262 e. The molecule has 0 atom stereocenters. The van der Waals surface area contributed by atoms with E-state index in [9.17, 15) is 9.50 Å². The fraction of sp³-hybridized carbons (Fsp3) is 0.0667. The first-order chi connectivity index (χ1) is 9.63. The zero-order valence-electron chi connectivity index (χ0n) is 10.7. The number of phenolic OH excluding ortho intramolecular Hbond substituents is 1. The first kappa shape index (κ1) is 12.3. The Morgan fingerprint density at radius 3 is 2.80 bits per heavy atom. The fourth-order valence-corrected chi connectivity index (χ4v) is 1.91. The van der Waals surface area contributed by atoms with Crippen LogP contribution in [-0.2, 0) is 0 Å². The summed E-state index contributed by atoms with van der Waals surface area (Å²) in [5, 5.41) is 13.6. The van der Waals surface area contributed by atoms with Crippen LogP contribution in [0.1, 0.15) is 5.56 Å². The highest BCUT2D eigenvalue weighted by Gasteiger charge is 2.14. The van der Waals surface area contributed by atoms with Gasteiger partial charge in [-0.3, -0.25) is 0 Å². The van der Waals surface area contributed by atoms with E-state index in [1.54, 1.807) is 0 Å². The van der Waals surface area contributed by atoms with Crippen LogP contribution >= 0.6 is 0 Å². The molecule has 0 unspecified atom stereocenters. The summed E-state index contributed by atoms with van der Waals surface area (Å²) in [5.41, 5.74) is 2.05. The maximum absolute atomic E-state index is 13.2. The van der Waals surface area contributed by atoms with Crippen molar-refractivity contribution in [2.75, 3.05) is 0 Å². The molecule has 0 radical (unpaired) electrons. The average Bonchev–Trinajstić information content (AvgIpc) is 2.91. The minimum Gasteiger partial charge on any atom is -0.507 e. The summed E-state index contributed by atoms with van der Waals surface area (Å²) in [6, 6.07) is 11.2. The van der Waals surface area contributed by atoms with Gasteiger partial charge < -0.3 is 9.63 Å². The molecule has 0 amide bonds. The summed E-state index contributed by atoms with van der Waals surface area (Å²) >= 11 is 0. The van der Waals surface area contributed by atoms with Crippen molar-refractivity contribution in [3.05, 3.63) is 53.8 Å². The summed E-state index contributed by atoms with van der Waals surface area (Å²) in [5.74, 6) is -0.107. The minimum absolute atomic E-state index is 0.0820. The van der Waals surface area contributed by atoms with E-state index in [0.717, 1.165) is 23.3 Å². The Morgan fingerprint density at radius 1 is 1.15 bits per heavy atom. The standard InChI is InChI=1S/C15H11FN2O2/c1-9-3-2-4-10(7-9)14-17-15(20-18-14)12-8-11(16)5-6-13(12)19/h2-8,19H,1H3. The molecule has 1 heterocycles. The molecular formula is C15H11FN2O2. The fourth-order valence-electron chi connectivity index (χ4n) is 1.91. The molecule has 0 aliphatic carbocycles. The molecule has 0 bridgehead atoms. The van der Waals surface area contributed by atoms with Crippen LogP contribution in [0.2, 0.25) is 0 Å². The lowest BCUT2D eigenvalue weighted by molar-refractivity contribution is 0.425. The predicted octanol–water partition coefficient (Wildman–Crippen LogP) is 3.56. The van der Waals surface area contributed by atoms with Gasteiger partial charge in [0.2, 0.25) is 5.82 Å². The highest BCUT2D eigenvalue weighted by Crippen LogP contribution is 2.30.